The van der Waals surface area contributed by atoms with Gasteiger partial charge in [-0.05, 0) is 38.4 Å². The molecule has 2 atom stereocenters. The monoisotopic (exact) mass is 312 g/mol. The van der Waals surface area contributed by atoms with Crippen molar-refractivity contribution in [2.45, 2.75) is 25.8 Å². The Morgan fingerprint density at radius 1 is 1.36 bits per heavy atom. The maximum Gasteiger partial charge on any atom is 0.307 e. The Hall–Kier alpha value is -2.02. The van der Waals surface area contributed by atoms with Crippen LogP contribution in [0.2, 0.25) is 0 Å². The molecule has 0 bridgehead atoms. The van der Waals surface area contributed by atoms with Crippen molar-refractivity contribution in [3.05, 3.63) is 29.8 Å². The number of anilines is 1. The van der Waals surface area contributed by atoms with Crippen molar-refractivity contribution in [3.8, 4) is 0 Å². The second-order valence-electron chi connectivity index (χ2n) is 5.43. The van der Waals surface area contributed by atoms with E-state index in [-0.39, 0.29) is 6.54 Å². The number of para-hydroxylation sites is 1. The summed E-state index contributed by atoms with van der Waals surface area (Å²) in [6.45, 7) is 2.43. The molecule has 2 unspecified atom stereocenters. The number of nitrogens with one attached hydrogen (secondary N) is 1. The van der Waals surface area contributed by atoms with Gasteiger partial charge in [0.1, 0.15) is 17.3 Å². The van der Waals surface area contributed by atoms with E-state index in [4.69, 9.17) is 5.11 Å². The van der Waals surface area contributed by atoms with Gasteiger partial charge in [-0.25, -0.2) is 8.78 Å². The Kier molecular flexibility index (Phi) is 5.07. The van der Waals surface area contributed by atoms with Crippen LogP contribution in [0.15, 0.2) is 18.2 Å². The molecule has 1 fully saturated rings. The number of hydrogen-bond acceptors (Lipinski definition) is 3. The molecule has 2 rings (SSSR count). The highest BCUT2D eigenvalue weighted by atomic mass is 19.1. The van der Waals surface area contributed by atoms with E-state index in [1.54, 1.807) is 11.8 Å². The summed E-state index contributed by atoms with van der Waals surface area (Å²) in [6, 6.07) is 2.67. The fraction of sp³-hybridized carbons (Fsp3) is 0.467. The Bertz CT molecular complexity index is 560. The number of carboxylic acid groups (broad SMARTS) is 1. The number of halogens is 2. The van der Waals surface area contributed by atoms with Crippen molar-refractivity contribution in [2.75, 3.05) is 18.4 Å². The molecule has 0 spiro atoms. The van der Waals surface area contributed by atoms with E-state index < -0.39 is 41.2 Å². The van der Waals surface area contributed by atoms with E-state index >= 15 is 0 Å². The first-order valence-corrected chi connectivity index (χ1v) is 7.12. The van der Waals surface area contributed by atoms with Gasteiger partial charge in [0.2, 0.25) is 5.91 Å². The molecule has 0 aromatic heterocycles. The summed E-state index contributed by atoms with van der Waals surface area (Å²) >= 11 is 0. The zero-order valence-electron chi connectivity index (χ0n) is 12.2. The molecule has 1 amide bonds. The molecule has 0 aliphatic carbocycles. The highest BCUT2D eigenvalue weighted by molar-refractivity contribution is 5.94. The molecule has 1 aromatic carbocycles. The molecule has 1 saturated heterocycles. The SMILES string of the molecule is CC(C(=O)Nc1c(F)cccc1F)N1CCCC(C(=O)O)C1. The van der Waals surface area contributed by atoms with Crippen LogP contribution in [0.1, 0.15) is 19.8 Å². The molecular weight excluding hydrogens is 294 g/mol. The number of nitrogens with zero attached hydrogens (tertiary/aromatic N) is 1. The summed E-state index contributed by atoms with van der Waals surface area (Å²) in [4.78, 5) is 24.9. The fourth-order valence-corrected chi connectivity index (χ4v) is 2.57. The first kappa shape index (κ1) is 16.4. The molecule has 120 valence electrons. The van der Waals surface area contributed by atoms with Gasteiger partial charge in [-0.1, -0.05) is 6.07 Å². The van der Waals surface area contributed by atoms with Crippen molar-refractivity contribution >= 4 is 17.6 Å². The minimum absolute atomic E-state index is 0.254. The average Bonchev–Trinajstić information content (AvgIpc) is 2.50. The number of amides is 1. The van der Waals surface area contributed by atoms with Gasteiger partial charge in [0.15, 0.2) is 0 Å². The number of rotatable bonds is 4. The van der Waals surface area contributed by atoms with Crippen LogP contribution in [0.3, 0.4) is 0 Å². The van der Waals surface area contributed by atoms with Crippen molar-refractivity contribution < 1.29 is 23.5 Å². The van der Waals surface area contributed by atoms with Crippen LogP contribution in [0.5, 0.6) is 0 Å². The summed E-state index contributed by atoms with van der Waals surface area (Å²) in [5.74, 6) is -3.66. The number of carbonyl (C=O) groups excluding carboxylic acids is 1. The zero-order valence-corrected chi connectivity index (χ0v) is 12.2. The van der Waals surface area contributed by atoms with E-state index in [1.165, 1.54) is 6.07 Å². The van der Waals surface area contributed by atoms with Gasteiger partial charge in [0.05, 0.1) is 12.0 Å². The maximum atomic E-state index is 13.5. The van der Waals surface area contributed by atoms with Crippen molar-refractivity contribution in [3.63, 3.8) is 0 Å². The lowest BCUT2D eigenvalue weighted by molar-refractivity contribution is -0.144. The summed E-state index contributed by atoms with van der Waals surface area (Å²) in [7, 11) is 0. The van der Waals surface area contributed by atoms with Crippen molar-refractivity contribution in [1.29, 1.82) is 0 Å². The first-order chi connectivity index (χ1) is 10.4. The summed E-state index contributed by atoms with van der Waals surface area (Å²) in [5, 5.41) is 11.3. The minimum Gasteiger partial charge on any atom is -0.481 e. The number of piperidine rings is 1. The number of likely N-dealkylation sites (tertiary alicyclic amines) is 1. The third-order valence-electron chi connectivity index (χ3n) is 3.94. The molecule has 1 aromatic rings. The van der Waals surface area contributed by atoms with Gasteiger partial charge >= 0.3 is 5.97 Å². The molecule has 1 heterocycles. The van der Waals surface area contributed by atoms with E-state index in [0.29, 0.717) is 19.4 Å². The molecule has 0 saturated carbocycles. The van der Waals surface area contributed by atoms with Crippen LogP contribution in [-0.4, -0.2) is 41.0 Å². The number of benzene rings is 1. The molecule has 1 aliphatic rings. The van der Waals surface area contributed by atoms with Gasteiger partial charge in [-0.3, -0.25) is 14.5 Å². The van der Waals surface area contributed by atoms with Crippen LogP contribution < -0.4 is 5.32 Å². The van der Waals surface area contributed by atoms with Crippen LogP contribution in [0, 0.1) is 17.6 Å². The molecule has 5 nitrogen and oxygen atoms in total. The summed E-state index contributed by atoms with van der Waals surface area (Å²) < 4.78 is 27.1. The highest BCUT2D eigenvalue weighted by Gasteiger charge is 2.31. The fourth-order valence-electron chi connectivity index (χ4n) is 2.57. The van der Waals surface area contributed by atoms with Crippen LogP contribution in [-0.2, 0) is 9.59 Å². The Morgan fingerprint density at radius 3 is 2.59 bits per heavy atom. The van der Waals surface area contributed by atoms with Crippen LogP contribution in [0.25, 0.3) is 0 Å². The quantitative estimate of drug-likeness (QED) is 0.893. The van der Waals surface area contributed by atoms with Gasteiger partial charge < -0.3 is 10.4 Å². The Morgan fingerprint density at radius 2 is 2.00 bits per heavy atom. The second-order valence-corrected chi connectivity index (χ2v) is 5.43. The smallest absolute Gasteiger partial charge is 0.307 e. The third kappa shape index (κ3) is 3.59. The van der Waals surface area contributed by atoms with Gasteiger partial charge in [0, 0.05) is 6.54 Å². The zero-order chi connectivity index (χ0) is 16.3. The largest absolute Gasteiger partial charge is 0.481 e. The van der Waals surface area contributed by atoms with E-state index in [0.717, 1.165) is 12.1 Å². The summed E-state index contributed by atoms with van der Waals surface area (Å²) in [5.41, 5.74) is -0.480. The Labute approximate surface area is 126 Å². The molecular formula is C15H18F2N2O3. The number of carbonyl (C=O) groups is 2. The topological polar surface area (TPSA) is 69.6 Å². The lowest BCUT2D eigenvalue weighted by Crippen LogP contribution is -2.48. The maximum absolute atomic E-state index is 13.5. The second kappa shape index (κ2) is 6.83. The molecule has 0 radical (unpaired) electrons. The molecule has 1 aliphatic heterocycles. The molecule has 22 heavy (non-hydrogen) atoms. The lowest BCUT2D eigenvalue weighted by atomic mass is 9.97. The van der Waals surface area contributed by atoms with Gasteiger partial charge in [-0.15, -0.1) is 0 Å². The summed E-state index contributed by atoms with van der Waals surface area (Å²) in [6.07, 6.45) is 1.24. The van der Waals surface area contributed by atoms with Crippen LogP contribution >= 0.6 is 0 Å². The van der Waals surface area contributed by atoms with Crippen molar-refractivity contribution in [2.24, 2.45) is 5.92 Å². The lowest BCUT2D eigenvalue weighted by Gasteiger charge is -2.34. The predicted molar refractivity (Wildman–Crippen MR) is 76.4 cm³/mol. The number of aliphatic carboxylic acids is 1. The normalized spacial score (nSPS) is 20.4. The van der Waals surface area contributed by atoms with Gasteiger partial charge in [-0.2, -0.15) is 0 Å². The van der Waals surface area contributed by atoms with Crippen LogP contribution in [0.4, 0.5) is 14.5 Å². The van der Waals surface area contributed by atoms with E-state index in [1.807, 2.05) is 0 Å². The average molecular weight is 312 g/mol. The predicted octanol–water partition coefficient (Wildman–Crippen LogP) is 2.09. The number of hydrogen-bond donors (Lipinski definition) is 2. The van der Waals surface area contributed by atoms with E-state index in [2.05, 4.69) is 5.32 Å². The minimum atomic E-state index is -0.891. The van der Waals surface area contributed by atoms with Crippen molar-refractivity contribution in [1.82, 2.24) is 4.90 Å². The number of carboxylic acids is 1. The van der Waals surface area contributed by atoms with Gasteiger partial charge in [0.25, 0.3) is 0 Å². The molecule has 2 N–H and O–H groups in total. The van der Waals surface area contributed by atoms with E-state index in [9.17, 15) is 18.4 Å². The highest BCUT2D eigenvalue weighted by Crippen LogP contribution is 2.21. The third-order valence-corrected chi connectivity index (χ3v) is 3.94. The standard InChI is InChI=1S/C15H18F2N2O3/c1-9(19-7-3-4-10(8-19)15(21)22)14(20)18-13-11(16)5-2-6-12(13)17/h2,5-6,9-10H,3-4,7-8H2,1H3,(H,18,20)(H,21,22). The first-order valence-electron chi connectivity index (χ1n) is 7.12. The molecule has 7 heteroatoms. The Balaban J connectivity index is 2.04.